The van der Waals surface area contributed by atoms with Crippen molar-refractivity contribution in [3.8, 4) is 34.3 Å². The first kappa shape index (κ1) is 18.3. The monoisotopic (exact) mass is 367 g/mol. The van der Waals surface area contributed by atoms with E-state index in [9.17, 15) is 0 Å². The molecule has 1 aromatic heterocycles. The highest BCUT2D eigenvalue weighted by atomic mass is 16.5. The number of nitrogens with one attached hydrogen (secondary N) is 1. The van der Waals surface area contributed by atoms with Crippen LogP contribution in [0.2, 0.25) is 0 Å². The highest BCUT2D eigenvalue weighted by Crippen LogP contribution is 2.40. The van der Waals surface area contributed by atoms with Crippen LogP contribution in [0, 0.1) is 0 Å². The maximum Gasteiger partial charge on any atom is 0.227 e. The first-order chi connectivity index (χ1) is 13.2. The molecule has 0 amide bonds. The normalized spacial score (nSPS) is 10.2. The molecule has 0 saturated heterocycles. The third-order valence-electron chi connectivity index (χ3n) is 3.96. The zero-order valence-electron chi connectivity index (χ0n) is 15.6. The van der Waals surface area contributed by atoms with Crippen LogP contribution in [0.4, 0.5) is 11.6 Å². The molecular formula is C20H21N3O4. The Morgan fingerprint density at radius 2 is 1.44 bits per heavy atom. The minimum Gasteiger partial charge on any atom is -0.497 e. The molecule has 0 aliphatic carbocycles. The van der Waals surface area contributed by atoms with Crippen molar-refractivity contribution in [2.24, 2.45) is 0 Å². The molecule has 0 atom stereocenters. The van der Waals surface area contributed by atoms with E-state index in [4.69, 9.17) is 18.9 Å². The van der Waals surface area contributed by atoms with Crippen molar-refractivity contribution in [3.63, 3.8) is 0 Å². The van der Waals surface area contributed by atoms with E-state index in [2.05, 4.69) is 15.3 Å². The second-order valence-corrected chi connectivity index (χ2v) is 5.53. The van der Waals surface area contributed by atoms with Crippen molar-refractivity contribution in [3.05, 3.63) is 48.7 Å². The molecule has 0 unspecified atom stereocenters. The molecule has 0 fully saturated rings. The van der Waals surface area contributed by atoms with Gasteiger partial charge in [-0.05, 0) is 30.3 Å². The molecular weight excluding hydrogens is 346 g/mol. The minimum atomic E-state index is 0.456. The second-order valence-electron chi connectivity index (χ2n) is 5.53. The van der Waals surface area contributed by atoms with Gasteiger partial charge in [-0.15, -0.1) is 0 Å². The van der Waals surface area contributed by atoms with Crippen molar-refractivity contribution in [2.75, 3.05) is 33.8 Å². The number of benzene rings is 2. The number of nitrogens with zero attached hydrogens (tertiary/aromatic N) is 2. The SMILES string of the molecule is COc1ccc(-c2ccnc(Nc3cc(OC)c(OC)c(OC)c3)n2)cc1. The number of rotatable bonds is 7. The molecule has 7 heteroatoms. The number of ether oxygens (including phenoxy) is 4. The van der Waals surface area contributed by atoms with Gasteiger partial charge in [0, 0.05) is 29.6 Å². The van der Waals surface area contributed by atoms with Crippen molar-refractivity contribution < 1.29 is 18.9 Å². The number of hydrogen-bond donors (Lipinski definition) is 1. The summed E-state index contributed by atoms with van der Waals surface area (Å²) in [4.78, 5) is 8.86. The lowest BCUT2D eigenvalue weighted by Crippen LogP contribution is -2.00. The average Bonchev–Trinajstić information content (AvgIpc) is 2.73. The van der Waals surface area contributed by atoms with E-state index in [0.717, 1.165) is 22.7 Å². The van der Waals surface area contributed by atoms with E-state index in [1.807, 2.05) is 30.3 Å². The van der Waals surface area contributed by atoms with Crippen LogP contribution in [-0.4, -0.2) is 38.4 Å². The number of anilines is 2. The smallest absolute Gasteiger partial charge is 0.227 e. The van der Waals surface area contributed by atoms with Gasteiger partial charge in [-0.2, -0.15) is 0 Å². The van der Waals surface area contributed by atoms with Gasteiger partial charge >= 0.3 is 0 Å². The number of aromatic nitrogens is 2. The molecule has 7 nitrogen and oxygen atoms in total. The number of methoxy groups -OCH3 is 4. The molecule has 0 saturated carbocycles. The fourth-order valence-electron chi connectivity index (χ4n) is 2.62. The van der Waals surface area contributed by atoms with E-state index in [-0.39, 0.29) is 0 Å². The molecule has 1 heterocycles. The summed E-state index contributed by atoms with van der Waals surface area (Å²) in [5.41, 5.74) is 2.48. The lowest BCUT2D eigenvalue weighted by atomic mass is 10.1. The third-order valence-corrected chi connectivity index (χ3v) is 3.96. The van der Waals surface area contributed by atoms with Gasteiger partial charge in [-0.25, -0.2) is 9.97 Å². The molecule has 0 bridgehead atoms. The molecule has 0 radical (unpaired) electrons. The average molecular weight is 367 g/mol. The van der Waals surface area contributed by atoms with Gasteiger partial charge in [0.1, 0.15) is 5.75 Å². The van der Waals surface area contributed by atoms with E-state index in [1.165, 1.54) is 0 Å². The van der Waals surface area contributed by atoms with E-state index < -0.39 is 0 Å². The predicted molar refractivity (Wildman–Crippen MR) is 103 cm³/mol. The standard InChI is InChI=1S/C20H21N3O4/c1-24-15-7-5-13(6-8-15)16-9-10-21-20(23-16)22-14-11-17(25-2)19(27-4)18(12-14)26-3/h5-12H,1-4H3,(H,21,22,23). The van der Waals surface area contributed by atoms with Crippen LogP contribution in [-0.2, 0) is 0 Å². The molecule has 0 spiro atoms. The molecule has 3 aromatic rings. The summed E-state index contributed by atoms with van der Waals surface area (Å²) >= 11 is 0. The van der Waals surface area contributed by atoms with Gasteiger partial charge in [0.05, 0.1) is 34.1 Å². The van der Waals surface area contributed by atoms with Gasteiger partial charge in [0.15, 0.2) is 11.5 Å². The van der Waals surface area contributed by atoms with Crippen LogP contribution in [0.1, 0.15) is 0 Å². The highest BCUT2D eigenvalue weighted by molar-refractivity contribution is 5.67. The van der Waals surface area contributed by atoms with Crippen molar-refractivity contribution in [2.45, 2.75) is 0 Å². The van der Waals surface area contributed by atoms with Crippen molar-refractivity contribution >= 4 is 11.6 Å². The summed E-state index contributed by atoms with van der Waals surface area (Å²) in [6.07, 6.45) is 1.70. The fraction of sp³-hybridized carbons (Fsp3) is 0.200. The largest absolute Gasteiger partial charge is 0.497 e. The van der Waals surface area contributed by atoms with Gasteiger partial charge in [-0.3, -0.25) is 0 Å². The molecule has 27 heavy (non-hydrogen) atoms. The quantitative estimate of drug-likeness (QED) is 0.678. The molecule has 0 aliphatic heterocycles. The van der Waals surface area contributed by atoms with E-state index >= 15 is 0 Å². The molecule has 140 valence electrons. The maximum atomic E-state index is 5.37. The Labute approximate surface area is 157 Å². The van der Waals surface area contributed by atoms with Crippen LogP contribution >= 0.6 is 0 Å². The van der Waals surface area contributed by atoms with Crippen LogP contribution < -0.4 is 24.3 Å². The van der Waals surface area contributed by atoms with E-state index in [0.29, 0.717) is 23.2 Å². The number of hydrogen-bond acceptors (Lipinski definition) is 7. The Bertz CT molecular complexity index is 888. The Kier molecular flexibility index (Phi) is 5.61. The summed E-state index contributed by atoms with van der Waals surface area (Å²) in [6.45, 7) is 0. The lowest BCUT2D eigenvalue weighted by Gasteiger charge is -2.14. The van der Waals surface area contributed by atoms with Crippen LogP contribution in [0.3, 0.4) is 0 Å². The summed E-state index contributed by atoms with van der Waals surface area (Å²) < 4.78 is 21.3. The second kappa shape index (κ2) is 8.27. The maximum absolute atomic E-state index is 5.37. The fourth-order valence-corrected chi connectivity index (χ4v) is 2.62. The molecule has 0 aliphatic rings. The van der Waals surface area contributed by atoms with Gasteiger partial charge < -0.3 is 24.3 Å². The van der Waals surface area contributed by atoms with Crippen LogP contribution in [0.5, 0.6) is 23.0 Å². The molecule has 3 rings (SSSR count). The summed E-state index contributed by atoms with van der Waals surface area (Å²) in [5, 5.41) is 3.17. The highest BCUT2D eigenvalue weighted by Gasteiger charge is 2.14. The summed E-state index contributed by atoms with van der Waals surface area (Å²) in [5.74, 6) is 2.87. The zero-order chi connectivity index (χ0) is 19.2. The Morgan fingerprint density at radius 1 is 0.778 bits per heavy atom. The first-order valence-corrected chi connectivity index (χ1v) is 8.23. The zero-order valence-corrected chi connectivity index (χ0v) is 15.6. The van der Waals surface area contributed by atoms with Crippen molar-refractivity contribution in [1.29, 1.82) is 0 Å². The third kappa shape index (κ3) is 4.03. The Morgan fingerprint density at radius 3 is 2.00 bits per heavy atom. The van der Waals surface area contributed by atoms with E-state index in [1.54, 1.807) is 46.8 Å². The molecule has 2 aromatic carbocycles. The van der Waals surface area contributed by atoms with Crippen LogP contribution in [0.15, 0.2) is 48.7 Å². The minimum absolute atomic E-state index is 0.456. The van der Waals surface area contributed by atoms with Crippen molar-refractivity contribution in [1.82, 2.24) is 9.97 Å². The summed E-state index contributed by atoms with van der Waals surface area (Å²) in [6, 6.07) is 13.1. The predicted octanol–water partition coefficient (Wildman–Crippen LogP) is 3.92. The Hall–Kier alpha value is -3.48. The first-order valence-electron chi connectivity index (χ1n) is 8.23. The topological polar surface area (TPSA) is 74.7 Å². The Balaban J connectivity index is 1.90. The lowest BCUT2D eigenvalue weighted by molar-refractivity contribution is 0.324. The summed E-state index contributed by atoms with van der Waals surface area (Å²) in [7, 11) is 6.35. The molecule has 1 N–H and O–H groups in total. The van der Waals surface area contributed by atoms with Gasteiger partial charge in [-0.1, -0.05) is 0 Å². The van der Waals surface area contributed by atoms with Gasteiger partial charge in [0.2, 0.25) is 11.7 Å². The van der Waals surface area contributed by atoms with Crippen LogP contribution in [0.25, 0.3) is 11.3 Å². The van der Waals surface area contributed by atoms with Gasteiger partial charge in [0.25, 0.3) is 0 Å².